The van der Waals surface area contributed by atoms with Gasteiger partial charge in [-0.1, -0.05) is 13.0 Å². The third-order valence-corrected chi connectivity index (χ3v) is 0.476. The SMILES string of the molecule is CC([O-])=CC(C)O.[C-]#[O+].[C-]#[O+].[Rh]. The average Bonchev–Trinajstić information content (AvgIpc) is 1.93. The Kier molecular flexibility index (Phi) is 42.2. The van der Waals surface area contributed by atoms with Crippen LogP contribution in [0.4, 0.5) is 0 Å². The van der Waals surface area contributed by atoms with Gasteiger partial charge in [0, 0.05) is 19.5 Å². The number of hydrogen-bond donors (Lipinski definition) is 1. The molecule has 0 amide bonds. The molecule has 71 valence electrons. The van der Waals surface area contributed by atoms with Gasteiger partial charge in [0.25, 0.3) is 0 Å². The maximum atomic E-state index is 10.0. The van der Waals surface area contributed by atoms with Crippen LogP contribution in [0.2, 0.25) is 0 Å². The van der Waals surface area contributed by atoms with Crippen LogP contribution in [0.15, 0.2) is 11.8 Å². The van der Waals surface area contributed by atoms with Gasteiger partial charge in [0.1, 0.15) is 0 Å². The summed E-state index contributed by atoms with van der Waals surface area (Å²) >= 11 is 0. The van der Waals surface area contributed by atoms with Crippen LogP contribution in [0.5, 0.6) is 0 Å². The van der Waals surface area contributed by atoms with Crippen molar-refractivity contribution < 1.29 is 39.0 Å². The molecule has 0 aromatic heterocycles. The summed E-state index contributed by atoms with van der Waals surface area (Å²) in [5, 5.41) is 18.5. The first kappa shape index (κ1) is 22.6. The van der Waals surface area contributed by atoms with Crippen molar-refractivity contribution in [1.82, 2.24) is 0 Å². The third-order valence-electron chi connectivity index (χ3n) is 0.476. The van der Waals surface area contributed by atoms with Crippen molar-refractivity contribution in [3.63, 3.8) is 0 Å². The minimum absolute atomic E-state index is 0. The molecule has 0 spiro atoms. The van der Waals surface area contributed by atoms with Crippen molar-refractivity contribution in [3.05, 3.63) is 25.1 Å². The minimum Gasteiger partial charge on any atom is 0 e. The quantitative estimate of drug-likeness (QED) is 0.300. The van der Waals surface area contributed by atoms with Crippen molar-refractivity contribution in [1.29, 1.82) is 0 Å². The standard InChI is InChI=1S/C5H10O2.2CO.Rh/c1-4(6)3-5(2)7;2*1-2;/h3-4,6-7H,1-2H3;;;/p-1. The summed E-state index contributed by atoms with van der Waals surface area (Å²) in [7, 11) is 0. The van der Waals surface area contributed by atoms with E-state index in [0.29, 0.717) is 0 Å². The predicted molar refractivity (Wildman–Crippen MR) is 33.3 cm³/mol. The first-order chi connectivity index (χ1) is 5.13. The van der Waals surface area contributed by atoms with Crippen molar-refractivity contribution in [3.8, 4) is 0 Å². The van der Waals surface area contributed by atoms with Gasteiger partial charge in [0.15, 0.2) is 0 Å². The molecule has 0 bridgehead atoms. The fourth-order valence-electron chi connectivity index (χ4n) is 0.340. The van der Waals surface area contributed by atoms with Gasteiger partial charge in [-0.3, -0.25) is 0 Å². The van der Waals surface area contributed by atoms with Crippen LogP contribution in [0, 0.1) is 13.3 Å². The fourth-order valence-corrected chi connectivity index (χ4v) is 0.340. The van der Waals surface area contributed by atoms with E-state index in [9.17, 15) is 5.11 Å². The van der Waals surface area contributed by atoms with E-state index in [1.807, 2.05) is 0 Å². The number of aliphatic hydroxyl groups is 1. The smallest absolute Gasteiger partial charge is 0 e. The van der Waals surface area contributed by atoms with E-state index in [-0.39, 0.29) is 25.2 Å². The van der Waals surface area contributed by atoms with Crippen molar-refractivity contribution in [2.24, 2.45) is 0 Å². The van der Waals surface area contributed by atoms with E-state index in [2.05, 4.69) is 13.3 Å². The van der Waals surface area contributed by atoms with E-state index in [4.69, 9.17) is 14.4 Å². The van der Waals surface area contributed by atoms with Crippen LogP contribution in [-0.4, -0.2) is 11.2 Å². The van der Waals surface area contributed by atoms with Gasteiger partial charge in [-0.2, -0.15) is 0 Å². The Balaban J connectivity index is -0.0000000560. The topological polar surface area (TPSA) is 83.1 Å². The summed E-state index contributed by atoms with van der Waals surface area (Å²) in [6.45, 7) is 12.0. The molecule has 12 heavy (non-hydrogen) atoms. The van der Waals surface area contributed by atoms with E-state index < -0.39 is 6.10 Å². The van der Waals surface area contributed by atoms with Crippen molar-refractivity contribution >= 4 is 0 Å². The summed E-state index contributed by atoms with van der Waals surface area (Å²) < 4.78 is 15.0. The minimum atomic E-state index is -0.600. The molecule has 0 aliphatic rings. The van der Waals surface area contributed by atoms with E-state index in [1.165, 1.54) is 13.0 Å². The molecule has 1 unspecified atom stereocenters. The second-order valence-corrected chi connectivity index (χ2v) is 1.52. The summed E-state index contributed by atoms with van der Waals surface area (Å²) in [5.41, 5.74) is 0. The molecule has 0 saturated heterocycles. The largest absolute Gasteiger partial charge is 0 e. The summed E-state index contributed by atoms with van der Waals surface area (Å²) in [6.07, 6.45) is 0.650. The van der Waals surface area contributed by atoms with Gasteiger partial charge >= 0.3 is 22.6 Å². The van der Waals surface area contributed by atoms with E-state index in [0.717, 1.165) is 0 Å². The van der Waals surface area contributed by atoms with Crippen LogP contribution in [-0.2, 0) is 28.8 Å². The molecular formula is C7H9O4Rh-. The molecule has 0 aromatic carbocycles. The molecule has 1 radical (unpaired) electrons. The fraction of sp³-hybridized carbons (Fsp3) is 0.429. The van der Waals surface area contributed by atoms with Gasteiger partial charge in [-0.05, 0) is 6.92 Å². The molecule has 5 heteroatoms. The Bertz CT molecular complexity index is 127. The molecule has 0 saturated carbocycles. The molecule has 0 aromatic rings. The summed E-state index contributed by atoms with van der Waals surface area (Å²) in [4.78, 5) is 0. The van der Waals surface area contributed by atoms with Gasteiger partial charge < -0.3 is 10.2 Å². The van der Waals surface area contributed by atoms with Gasteiger partial charge in [0.2, 0.25) is 0 Å². The van der Waals surface area contributed by atoms with Crippen molar-refractivity contribution in [2.75, 3.05) is 0 Å². The Morgan fingerprint density at radius 3 is 1.67 bits per heavy atom. The Morgan fingerprint density at radius 2 is 1.67 bits per heavy atom. The Hall–Kier alpha value is -0.397. The van der Waals surface area contributed by atoms with E-state index >= 15 is 0 Å². The molecule has 0 rings (SSSR count). The Morgan fingerprint density at radius 1 is 1.42 bits per heavy atom. The van der Waals surface area contributed by atoms with Crippen LogP contribution >= 0.6 is 0 Å². The zero-order valence-corrected chi connectivity index (χ0v) is 8.30. The van der Waals surface area contributed by atoms with Crippen molar-refractivity contribution in [2.45, 2.75) is 20.0 Å². The number of rotatable bonds is 1. The second-order valence-electron chi connectivity index (χ2n) is 1.52. The maximum Gasteiger partial charge on any atom is 0 e. The molecule has 0 aliphatic carbocycles. The van der Waals surface area contributed by atoms with Crippen LogP contribution in [0.25, 0.3) is 0 Å². The zero-order valence-electron chi connectivity index (χ0n) is 6.66. The predicted octanol–water partition coefficient (Wildman–Crippen LogP) is -0.446. The van der Waals surface area contributed by atoms with E-state index in [1.54, 1.807) is 6.92 Å². The monoisotopic (exact) mass is 260 g/mol. The van der Waals surface area contributed by atoms with Crippen LogP contribution < -0.4 is 5.11 Å². The van der Waals surface area contributed by atoms with Crippen LogP contribution in [0.1, 0.15) is 13.8 Å². The summed E-state index contributed by atoms with van der Waals surface area (Å²) in [5.74, 6) is -0.0880. The molecule has 4 nitrogen and oxygen atoms in total. The first-order valence-electron chi connectivity index (χ1n) is 2.57. The number of aliphatic hydroxyl groups excluding tert-OH is 1. The second kappa shape index (κ2) is 22.4. The number of hydrogen-bond acceptors (Lipinski definition) is 2. The van der Waals surface area contributed by atoms with Gasteiger partial charge in [-0.25, -0.2) is 0 Å². The number of allylic oxidation sites excluding steroid dienone is 1. The van der Waals surface area contributed by atoms with Gasteiger partial charge in [0.05, 0.1) is 6.10 Å². The Labute approximate surface area is 84.5 Å². The molecule has 0 heterocycles. The molecule has 1 N–H and O–H groups in total. The molecular weight excluding hydrogens is 251 g/mol. The molecule has 0 fully saturated rings. The zero-order chi connectivity index (χ0) is 9.86. The van der Waals surface area contributed by atoms with Crippen LogP contribution in [0.3, 0.4) is 0 Å². The molecule has 1 atom stereocenters. The third kappa shape index (κ3) is 54.7. The first-order valence-corrected chi connectivity index (χ1v) is 2.57. The normalized spacial score (nSPS) is 10.1. The maximum absolute atomic E-state index is 10.0. The molecule has 0 aliphatic heterocycles. The summed E-state index contributed by atoms with van der Waals surface area (Å²) in [6, 6.07) is 0. The average molecular weight is 260 g/mol. The van der Waals surface area contributed by atoms with Gasteiger partial charge in [-0.15, -0.1) is 5.76 Å².